The second-order valence-corrected chi connectivity index (χ2v) is 4.62. The van der Waals surface area contributed by atoms with Crippen LogP contribution in [-0.2, 0) is 4.79 Å². The van der Waals surface area contributed by atoms with Gasteiger partial charge in [-0.15, -0.1) is 6.42 Å². The molecule has 0 radical (unpaired) electrons. The Balaban J connectivity index is 2.02. The number of terminal acetylenes is 1. The highest BCUT2D eigenvalue weighted by Gasteiger charge is 2.09. The van der Waals surface area contributed by atoms with Crippen LogP contribution in [0.1, 0.15) is 11.3 Å². The van der Waals surface area contributed by atoms with E-state index in [1.165, 1.54) is 0 Å². The van der Waals surface area contributed by atoms with Gasteiger partial charge >= 0.3 is 0 Å². The highest BCUT2D eigenvalue weighted by atomic mass is 16.2. The standard InChI is InChI=1S/C17H14N4O/c1-3-13-6-4-7-14(10-13)20-17(22)12-21(2)16-9-5-8-15(11-18)19-16/h1,4-10H,12H2,2H3,(H,20,22). The van der Waals surface area contributed by atoms with Crippen molar-refractivity contribution in [2.75, 3.05) is 23.8 Å². The summed E-state index contributed by atoms with van der Waals surface area (Å²) in [4.78, 5) is 17.9. The Labute approximate surface area is 129 Å². The number of amides is 1. The molecule has 0 saturated carbocycles. The summed E-state index contributed by atoms with van der Waals surface area (Å²) in [6.07, 6.45) is 5.33. The van der Waals surface area contributed by atoms with Crippen molar-refractivity contribution in [1.82, 2.24) is 4.98 Å². The molecule has 1 aromatic carbocycles. The van der Waals surface area contributed by atoms with Crippen molar-refractivity contribution < 1.29 is 4.79 Å². The van der Waals surface area contributed by atoms with Gasteiger partial charge in [0, 0.05) is 18.3 Å². The number of hydrogen-bond donors (Lipinski definition) is 1. The molecule has 22 heavy (non-hydrogen) atoms. The Bertz CT molecular complexity index is 771. The first-order valence-electron chi connectivity index (χ1n) is 6.57. The zero-order valence-corrected chi connectivity index (χ0v) is 12.1. The van der Waals surface area contributed by atoms with Gasteiger partial charge in [0.2, 0.25) is 5.91 Å². The molecule has 108 valence electrons. The lowest BCUT2D eigenvalue weighted by atomic mass is 10.2. The lowest BCUT2D eigenvalue weighted by Gasteiger charge is -2.17. The first-order chi connectivity index (χ1) is 10.6. The third kappa shape index (κ3) is 3.84. The summed E-state index contributed by atoms with van der Waals surface area (Å²) in [5.74, 6) is 2.89. The maximum absolute atomic E-state index is 12.1. The molecule has 0 spiro atoms. The minimum Gasteiger partial charge on any atom is -0.350 e. The van der Waals surface area contributed by atoms with Crippen LogP contribution in [0.4, 0.5) is 11.5 Å². The van der Waals surface area contributed by atoms with Crippen molar-refractivity contribution in [3.63, 3.8) is 0 Å². The highest BCUT2D eigenvalue weighted by molar-refractivity contribution is 5.94. The molecule has 0 aliphatic carbocycles. The fourth-order valence-corrected chi connectivity index (χ4v) is 1.88. The van der Waals surface area contributed by atoms with Crippen molar-refractivity contribution in [2.45, 2.75) is 0 Å². The van der Waals surface area contributed by atoms with Gasteiger partial charge in [0.25, 0.3) is 0 Å². The fraction of sp³-hybridized carbons (Fsp3) is 0.118. The van der Waals surface area contributed by atoms with Crippen LogP contribution in [0.5, 0.6) is 0 Å². The number of aromatic nitrogens is 1. The van der Waals surface area contributed by atoms with Gasteiger partial charge in [0.1, 0.15) is 17.6 Å². The van der Waals surface area contributed by atoms with E-state index in [2.05, 4.69) is 16.2 Å². The fourth-order valence-electron chi connectivity index (χ4n) is 1.88. The van der Waals surface area contributed by atoms with Gasteiger partial charge in [0.05, 0.1) is 6.54 Å². The van der Waals surface area contributed by atoms with Crippen LogP contribution in [0.3, 0.4) is 0 Å². The van der Waals surface area contributed by atoms with E-state index in [1.807, 2.05) is 6.07 Å². The van der Waals surface area contributed by atoms with Crippen LogP contribution >= 0.6 is 0 Å². The molecule has 1 N–H and O–H groups in total. The van der Waals surface area contributed by atoms with E-state index >= 15 is 0 Å². The van der Waals surface area contributed by atoms with Gasteiger partial charge in [-0.05, 0) is 30.3 Å². The Morgan fingerprint density at radius 3 is 2.86 bits per heavy atom. The van der Waals surface area contributed by atoms with Crippen LogP contribution in [0.25, 0.3) is 0 Å². The summed E-state index contributed by atoms with van der Waals surface area (Å²) in [6.45, 7) is 0.113. The average Bonchev–Trinajstić information content (AvgIpc) is 2.54. The lowest BCUT2D eigenvalue weighted by molar-refractivity contribution is -0.114. The molecule has 1 amide bonds. The van der Waals surface area contributed by atoms with Crippen molar-refractivity contribution >= 4 is 17.4 Å². The maximum atomic E-state index is 12.1. The maximum Gasteiger partial charge on any atom is 0.243 e. The lowest BCUT2D eigenvalue weighted by Crippen LogP contribution is -2.30. The van der Waals surface area contributed by atoms with E-state index in [4.69, 9.17) is 11.7 Å². The van der Waals surface area contributed by atoms with Gasteiger partial charge in [-0.3, -0.25) is 4.79 Å². The Kier molecular flexibility index (Phi) is 4.74. The highest BCUT2D eigenvalue weighted by Crippen LogP contribution is 2.11. The number of pyridine rings is 1. The number of hydrogen-bond acceptors (Lipinski definition) is 4. The molecule has 0 bridgehead atoms. The molecule has 5 nitrogen and oxygen atoms in total. The number of rotatable bonds is 4. The van der Waals surface area contributed by atoms with Crippen LogP contribution in [0.15, 0.2) is 42.5 Å². The number of nitrogens with one attached hydrogen (secondary N) is 1. The summed E-state index contributed by atoms with van der Waals surface area (Å²) in [7, 11) is 1.74. The first-order valence-corrected chi connectivity index (χ1v) is 6.57. The molecular formula is C17H14N4O. The second-order valence-electron chi connectivity index (χ2n) is 4.62. The van der Waals surface area contributed by atoms with Crippen molar-refractivity contribution in [1.29, 1.82) is 5.26 Å². The number of nitrogens with zero attached hydrogens (tertiary/aromatic N) is 3. The van der Waals surface area contributed by atoms with E-state index in [9.17, 15) is 4.79 Å². The van der Waals surface area contributed by atoms with Crippen molar-refractivity contribution in [2.24, 2.45) is 0 Å². The average molecular weight is 290 g/mol. The predicted molar refractivity (Wildman–Crippen MR) is 85.2 cm³/mol. The van der Waals surface area contributed by atoms with Crippen LogP contribution in [0, 0.1) is 23.7 Å². The molecule has 0 saturated heterocycles. The molecule has 2 aromatic rings. The molecule has 1 heterocycles. The van der Waals surface area contributed by atoms with Gasteiger partial charge in [-0.1, -0.05) is 18.1 Å². The Morgan fingerprint density at radius 1 is 1.36 bits per heavy atom. The molecule has 2 rings (SSSR count). The number of likely N-dealkylation sites (N-methyl/N-ethyl adjacent to an activating group) is 1. The van der Waals surface area contributed by atoms with Gasteiger partial charge in [-0.25, -0.2) is 4.98 Å². The third-order valence-electron chi connectivity index (χ3n) is 2.93. The molecule has 0 unspecified atom stereocenters. The molecule has 0 atom stereocenters. The number of nitriles is 1. The molecular weight excluding hydrogens is 276 g/mol. The minimum atomic E-state index is -0.194. The van der Waals surface area contributed by atoms with Crippen molar-refractivity contribution in [3.05, 3.63) is 53.7 Å². The van der Waals surface area contributed by atoms with E-state index in [0.717, 1.165) is 0 Å². The second kappa shape index (κ2) is 6.92. The van der Waals surface area contributed by atoms with E-state index in [1.54, 1.807) is 54.4 Å². The largest absolute Gasteiger partial charge is 0.350 e. The molecule has 5 heteroatoms. The van der Waals surface area contributed by atoms with E-state index < -0.39 is 0 Å². The first kappa shape index (κ1) is 15.1. The summed E-state index contributed by atoms with van der Waals surface area (Å²) in [5.41, 5.74) is 1.66. The van der Waals surface area contributed by atoms with Gasteiger partial charge in [0.15, 0.2) is 0 Å². The summed E-state index contributed by atoms with van der Waals surface area (Å²) in [6, 6.07) is 14.1. The zero-order valence-electron chi connectivity index (χ0n) is 12.1. The van der Waals surface area contributed by atoms with E-state index in [-0.39, 0.29) is 12.5 Å². The van der Waals surface area contributed by atoms with Gasteiger partial charge in [-0.2, -0.15) is 5.26 Å². The summed E-state index contributed by atoms with van der Waals surface area (Å²) >= 11 is 0. The smallest absolute Gasteiger partial charge is 0.243 e. The van der Waals surface area contributed by atoms with E-state index in [0.29, 0.717) is 22.8 Å². The van der Waals surface area contributed by atoms with Gasteiger partial charge < -0.3 is 10.2 Å². The number of carbonyl (C=O) groups excluding carboxylic acids is 1. The SMILES string of the molecule is C#Cc1cccc(NC(=O)CN(C)c2cccc(C#N)n2)c1. The monoisotopic (exact) mass is 290 g/mol. The minimum absolute atomic E-state index is 0.113. The predicted octanol–water partition coefficient (Wildman–Crippen LogP) is 2.01. The summed E-state index contributed by atoms with van der Waals surface area (Å²) < 4.78 is 0. The Morgan fingerprint density at radius 2 is 2.14 bits per heavy atom. The number of benzene rings is 1. The molecule has 0 aliphatic rings. The summed E-state index contributed by atoms with van der Waals surface area (Å²) in [5, 5.41) is 11.6. The zero-order chi connectivity index (χ0) is 15.9. The topological polar surface area (TPSA) is 69.0 Å². The number of carbonyl (C=O) groups is 1. The number of anilines is 2. The normalized spacial score (nSPS) is 9.41. The van der Waals surface area contributed by atoms with Crippen LogP contribution in [-0.4, -0.2) is 24.5 Å². The Hall–Kier alpha value is -3.31. The quantitative estimate of drug-likeness (QED) is 0.875. The third-order valence-corrected chi connectivity index (χ3v) is 2.93. The molecule has 0 fully saturated rings. The van der Waals surface area contributed by atoms with Crippen molar-refractivity contribution in [3.8, 4) is 18.4 Å². The van der Waals surface area contributed by atoms with Crippen LogP contribution in [0.2, 0.25) is 0 Å². The molecule has 0 aliphatic heterocycles. The molecule has 1 aromatic heterocycles. The van der Waals surface area contributed by atoms with Crippen LogP contribution < -0.4 is 10.2 Å².